The molecular formula is C18H19N5O3S2. The molecule has 0 aliphatic heterocycles. The second kappa shape index (κ2) is 9.29. The fourth-order valence-electron chi connectivity index (χ4n) is 2.36. The van der Waals surface area contributed by atoms with E-state index in [0.717, 1.165) is 16.1 Å². The van der Waals surface area contributed by atoms with Gasteiger partial charge in [0.1, 0.15) is 12.4 Å². The van der Waals surface area contributed by atoms with Gasteiger partial charge in [-0.05, 0) is 35.7 Å². The Balaban J connectivity index is 1.80. The zero-order valence-corrected chi connectivity index (χ0v) is 16.7. The fraction of sp³-hybridized carbons (Fsp3) is 0.167. The van der Waals surface area contributed by atoms with Crippen LogP contribution in [0, 0.1) is 4.78 Å². The molecule has 1 unspecified atom stereocenters. The smallest absolute Gasteiger partial charge is 0.302 e. The molecule has 0 bridgehead atoms. The lowest BCUT2D eigenvalue weighted by Gasteiger charge is -2.12. The highest BCUT2D eigenvalue weighted by Gasteiger charge is 2.11. The first kappa shape index (κ1) is 19.8. The highest BCUT2D eigenvalue weighted by atomic mass is 32.2. The first-order valence-electron chi connectivity index (χ1n) is 8.36. The molecule has 1 atom stereocenters. The van der Waals surface area contributed by atoms with E-state index < -0.39 is 10.6 Å². The summed E-state index contributed by atoms with van der Waals surface area (Å²) in [5.41, 5.74) is 1.57. The average Bonchev–Trinajstić information content (AvgIpc) is 3.20. The van der Waals surface area contributed by atoms with Crippen LogP contribution in [-0.2, 0) is 20.1 Å². The van der Waals surface area contributed by atoms with Crippen molar-refractivity contribution < 1.29 is 13.7 Å². The Bertz CT molecular complexity index is 1010. The van der Waals surface area contributed by atoms with Crippen molar-refractivity contribution in [3.63, 3.8) is 0 Å². The quantitative estimate of drug-likeness (QED) is 0.252. The molecule has 3 N–H and O–H groups in total. The van der Waals surface area contributed by atoms with Crippen molar-refractivity contribution in [1.29, 1.82) is 4.78 Å². The van der Waals surface area contributed by atoms with Crippen LogP contribution in [0.4, 0.5) is 17.5 Å². The number of hydrogen-bond donors (Lipinski definition) is 4. The number of nitrogens with one attached hydrogen (secondary N) is 3. The van der Waals surface area contributed by atoms with Gasteiger partial charge in [-0.2, -0.15) is 4.98 Å². The molecule has 3 rings (SSSR count). The second-order valence-corrected chi connectivity index (χ2v) is 7.72. The Morgan fingerprint density at radius 3 is 2.71 bits per heavy atom. The molecule has 0 fully saturated rings. The summed E-state index contributed by atoms with van der Waals surface area (Å²) in [6.07, 6.45) is 1.73. The SMILES string of the molecule is CC(=O)OCCNc1nc(Nc2ccc([SH](=N)=O)cc2)ncc1-c1cccs1. The first-order chi connectivity index (χ1) is 13.5. The lowest BCUT2D eigenvalue weighted by atomic mass is 10.2. The summed E-state index contributed by atoms with van der Waals surface area (Å²) in [6, 6.07) is 10.6. The number of aromatic nitrogens is 2. The van der Waals surface area contributed by atoms with E-state index in [1.54, 1.807) is 41.8 Å². The third-order valence-corrected chi connectivity index (χ3v) is 5.30. The summed E-state index contributed by atoms with van der Waals surface area (Å²) < 4.78 is 23.4. The molecule has 0 amide bonds. The molecule has 3 aromatic rings. The molecule has 0 radical (unpaired) electrons. The normalized spacial score (nSPS) is 11.6. The molecule has 1 aromatic carbocycles. The number of ether oxygens (including phenoxy) is 1. The number of carbonyl (C=O) groups excluding carboxylic acids is 1. The number of nitrogens with zero attached hydrogens (tertiary/aromatic N) is 2. The van der Waals surface area contributed by atoms with Crippen molar-refractivity contribution in [1.82, 2.24) is 9.97 Å². The number of thiophene rings is 1. The molecule has 146 valence electrons. The molecule has 0 aliphatic rings. The van der Waals surface area contributed by atoms with Crippen LogP contribution in [-0.4, -0.2) is 33.3 Å². The van der Waals surface area contributed by atoms with Crippen molar-refractivity contribution in [2.24, 2.45) is 0 Å². The first-order valence-corrected chi connectivity index (χ1v) is 10.5. The van der Waals surface area contributed by atoms with Crippen LogP contribution in [0.5, 0.6) is 0 Å². The standard InChI is InChI=1S/C18H19N5O3S2/c1-12(24)26-9-8-20-17-15(16-3-2-10-27-16)11-21-18(23-17)22-13-4-6-14(7-5-13)28(19)25/h2-7,10-11,19,28H,8-9H2,1H3,(H2,20,21,22,23). The molecule has 0 saturated carbocycles. The zero-order chi connectivity index (χ0) is 19.9. The van der Waals surface area contributed by atoms with E-state index in [4.69, 9.17) is 9.52 Å². The van der Waals surface area contributed by atoms with Crippen LogP contribution < -0.4 is 10.6 Å². The van der Waals surface area contributed by atoms with Gasteiger partial charge >= 0.3 is 5.97 Å². The van der Waals surface area contributed by atoms with Gasteiger partial charge in [-0.3, -0.25) is 9.57 Å². The summed E-state index contributed by atoms with van der Waals surface area (Å²) in [6.45, 7) is 2.02. The predicted octanol–water partition coefficient (Wildman–Crippen LogP) is 3.53. The van der Waals surface area contributed by atoms with Crippen LogP contribution in [0.25, 0.3) is 10.4 Å². The van der Waals surface area contributed by atoms with Gasteiger partial charge in [0, 0.05) is 28.6 Å². The maximum atomic E-state index is 11.2. The second-order valence-electron chi connectivity index (χ2n) is 5.67. The van der Waals surface area contributed by atoms with E-state index in [1.165, 1.54) is 6.92 Å². The number of carbonyl (C=O) groups is 1. The average molecular weight is 418 g/mol. The third kappa shape index (κ3) is 5.27. The van der Waals surface area contributed by atoms with Crippen molar-refractivity contribution >= 4 is 45.4 Å². The minimum atomic E-state index is -2.11. The van der Waals surface area contributed by atoms with Gasteiger partial charge in [0.2, 0.25) is 5.95 Å². The molecule has 2 aromatic heterocycles. The van der Waals surface area contributed by atoms with Gasteiger partial charge < -0.3 is 15.4 Å². The highest BCUT2D eigenvalue weighted by molar-refractivity contribution is 7.73. The minimum Gasteiger partial charge on any atom is -0.464 e. The fourth-order valence-corrected chi connectivity index (χ4v) is 3.52. The van der Waals surface area contributed by atoms with Gasteiger partial charge in [-0.25, -0.2) is 9.19 Å². The van der Waals surface area contributed by atoms with Crippen LogP contribution >= 0.6 is 11.3 Å². The largest absolute Gasteiger partial charge is 0.464 e. The van der Waals surface area contributed by atoms with E-state index in [2.05, 4.69) is 20.6 Å². The number of benzene rings is 1. The molecule has 10 heteroatoms. The van der Waals surface area contributed by atoms with E-state index in [1.807, 2.05) is 17.5 Å². The van der Waals surface area contributed by atoms with Crippen molar-refractivity contribution in [2.75, 3.05) is 23.8 Å². The summed E-state index contributed by atoms with van der Waals surface area (Å²) in [5.74, 6) is 0.680. The topological polar surface area (TPSA) is 117 Å². The van der Waals surface area contributed by atoms with Gasteiger partial charge in [-0.15, -0.1) is 11.3 Å². The number of thiol groups is 1. The molecule has 0 aliphatic carbocycles. The van der Waals surface area contributed by atoms with Crippen molar-refractivity contribution in [2.45, 2.75) is 11.8 Å². The minimum absolute atomic E-state index is 0.235. The lowest BCUT2D eigenvalue weighted by molar-refractivity contribution is -0.140. The van der Waals surface area contributed by atoms with Gasteiger partial charge in [0.25, 0.3) is 0 Å². The number of anilines is 3. The number of esters is 1. The summed E-state index contributed by atoms with van der Waals surface area (Å²) in [7, 11) is -2.11. The molecule has 28 heavy (non-hydrogen) atoms. The van der Waals surface area contributed by atoms with Gasteiger partial charge in [0.15, 0.2) is 0 Å². The predicted molar refractivity (Wildman–Crippen MR) is 111 cm³/mol. The summed E-state index contributed by atoms with van der Waals surface area (Å²) in [5, 5.41) is 8.25. The molecular weight excluding hydrogens is 398 g/mol. The zero-order valence-electron chi connectivity index (χ0n) is 15.0. The van der Waals surface area contributed by atoms with Crippen LogP contribution in [0.15, 0.2) is 52.9 Å². The molecule has 0 saturated heterocycles. The van der Waals surface area contributed by atoms with E-state index in [-0.39, 0.29) is 12.6 Å². The number of hydrogen-bond acceptors (Lipinski definition) is 9. The maximum absolute atomic E-state index is 11.2. The van der Waals surface area contributed by atoms with Crippen LogP contribution in [0.1, 0.15) is 6.92 Å². The van der Waals surface area contributed by atoms with E-state index >= 15 is 0 Å². The van der Waals surface area contributed by atoms with Crippen molar-refractivity contribution in [3.05, 3.63) is 48.0 Å². The number of rotatable bonds is 8. The maximum Gasteiger partial charge on any atom is 0.302 e. The van der Waals surface area contributed by atoms with Crippen molar-refractivity contribution in [3.8, 4) is 10.4 Å². The Kier molecular flexibility index (Phi) is 6.56. The summed E-state index contributed by atoms with van der Waals surface area (Å²) >= 11 is 1.58. The Hall–Kier alpha value is -2.98. The Labute approximate surface area is 168 Å². The Morgan fingerprint density at radius 2 is 2.07 bits per heavy atom. The highest BCUT2D eigenvalue weighted by Crippen LogP contribution is 2.30. The van der Waals surface area contributed by atoms with E-state index in [9.17, 15) is 9.00 Å². The third-order valence-electron chi connectivity index (χ3n) is 3.63. The van der Waals surface area contributed by atoms with E-state index in [0.29, 0.717) is 23.2 Å². The molecule has 0 spiro atoms. The van der Waals surface area contributed by atoms with Crippen LogP contribution in [0.3, 0.4) is 0 Å². The summed E-state index contributed by atoms with van der Waals surface area (Å²) in [4.78, 5) is 21.3. The molecule has 8 nitrogen and oxygen atoms in total. The Morgan fingerprint density at radius 1 is 1.29 bits per heavy atom. The van der Waals surface area contributed by atoms with Gasteiger partial charge in [-0.1, -0.05) is 6.07 Å². The van der Waals surface area contributed by atoms with Gasteiger partial charge in [0.05, 0.1) is 22.7 Å². The molecule has 2 heterocycles. The monoisotopic (exact) mass is 417 g/mol. The van der Waals surface area contributed by atoms with Crippen LogP contribution in [0.2, 0.25) is 0 Å². The lowest BCUT2D eigenvalue weighted by Crippen LogP contribution is -2.13.